The molecule has 1 N–H and O–H groups in total. The second-order valence-electron chi connectivity index (χ2n) is 10.6. The van der Waals surface area contributed by atoms with Crippen molar-refractivity contribution in [1.82, 2.24) is 0 Å². The molecule has 35 heavy (non-hydrogen) atoms. The lowest BCUT2D eigenvalue weighted by atomic mass is 9.65. The first-order chi connectivity index (χ1) is 16.7. The Morgan fingerprint density at radius 2 is 1.23 bits per heavy atom. The Hall–Kier alpha value is -3.34. The number of fused-ring (bicyclic) bond motifs is 9. The monoisotopic (exact) mass is 460 g/mol. The van der Waals surface area contributed by atoms with Gasteiger partial charge in [0, 0.05) is 11.1 Å². The maximum Gasteiger partial charge on any atom is 0.309 e. The summed E-state index contributed by atoms with van der Waals surface area (Å²) in [6.07, 6.45) is 0. The predicted octanol–water partition coefficient (Wildman–Crippen LogP) is 5.70. The standard InChI is InChI=1S/C31H29BO3/c1-29(2,33)30(3,4)35-32-20-17-18-28-26(19-20)31(25-15-9-10-16-27(25)34-28)23-13-7-5-11-21(23)22-12-6-8-14-24(22)31/h5-19,32-33H,1-4H3. The number of aliphatic hydroxyl groups is 1. The summed E-state index contributed by atoms with van der Waals surface area (Å²) >= 11 is 0. The third kappa shape index (κ3) is 3.13. The van der Waals surface area contributed by atoms with E-state index in [1.807, 2.05) is 19.9 Å². The van der Waals surface area contributed by atoms with E-state index < -0.39 is 16.6 Å². The van der Waals surface area contributed by atoms with Crippen LogP contribution < -0.4 is 10.2 Å². The largest absolute Gasteiger partial charge is 0.457 e. The lowest BCUT2D eigenvalue weighted by molar-refractivity contribution is -0.0893. The summed E-state index contributed by atoms with van der Waals surface area (Å²) in [5.74, 6) is 1.75. The minimum Gasteiger partial charge on any atom is -0.457 e. The zero-order chi connectivity index (χ0) is 24.4. The molecule has 0 fully saturated rings. The van der Waals surface area contributed by atoms with Gasteiger partial charge in [0.2, 0.25) is 0 Å². The Kier molecular flexibility index (Phi) is 4.80. The van der Waals surface area contributed by atoms with Crippen LogP contribution in [0, 0.1) is 0 Å². The van der Waals surface area contributed by atoms with E-state index in [2.05, 4.69) is 84.9 Å². The Morgan fingerprint density at radius 3 is 1.86 bits per heavy atom. The summed E-state index contributed by atoms with van der Waals surface area (Å²) in [5.41, 5.74) is 6.25. The van der Waals surface area contributed by atoms with Crippen molar-refractivity contribution < 1.29 is 14.5 Å². The number of para-hydroxylation sites is 1. The molecule has 0 atom stereocenters. The summed E-state index contributed by atoms with van der Waals surface area (Å²) in [4.78, 5) is 0. The minimum absolute atomic E-state index is 0.394. The zero-order valence-corrected chi connectivity index (χ0v) is 20.6. The molecule has 0 amide bonds. The first-order valence-corrected chi connectivity index (χ1v) is 12.2. The van der Waals surface area contributed by atoms with Crippen LogP contribution in [0.2, 0.25) is 0 Å². The van der Waals surface area contributed by atoms with Crippen molar-refractivity contribution in [2.24, 2.45) is 0 Å². The summed E-state index contributed by atoms with van der Waals surface area (Å²) in [6.45, 7) is 7.42. The Bertz CT molecular complexity index is 1400. The van der Waals surface area contributed by atoms with E-state index in [0.29, 0.717) is 7.48 Å². The fourth-order valence-electron chi connectivity index (χ4n) is 5.43. The smallest absolute Gasteiger partial charge is 0.309 e. The van der Waals surface area contributed by atoms with E-state index >= 15 is 0 Å². The molecule has 0 aromatic heterocycles. The van der Waals surface area contributed by atoms with Crippen molar-refractivity contribution in [2.75, 3.05) is 0 Å². The maximum absolute atomic E-state index is 10.6. The van der Waals surface area contributed by atoms with Crippen molar-refractivity contribution in [1.29, 1.82) is 0 Å². The second kappa shape index (κ2) is 7.58. The number of benzene rings is 4. The van der Waals surface area contributed by atoms with Crippen LogP contribution in [0.15, 0.2) is 91.0 Å². The summed E-state index contributed by atoms with van der Waals surface area (Å²) < 4.78 is 12.7. The number of hydrogen-bond acceptors (Lipinski definition) is 3. The van der Waals surface area contributed by atoms with Crippen LogP contribution in [0.3, 0.4) is 0 Å². The molecule has 174 valence electrons. The molecule has 0 unspecified atom stereocenters. The molecule has 0 saturated carbocycles. The Labute approximate surface area is 207 Å². The van der Waals surface area contributed by atoms with Gasteiger partial charge < -0.3 is 14.5 Å². The maximum atomic E-state index is 10.6. The summed E-state index contributed by atoms with van der Waals surface area (Å²) in [5, 5.41) is 10.6. The van der Waals surface area contributed by atoms with Gasteiger partial charge in [0.25, 0.3) is 0 Å². The van der Waals surface area contributed by atoms with E-state index in [0.717, 1.165) is 28.1 Å². The highest BCUT2D eigenvalue weighted by atomic mass is 16.5. The van der Waals surface area contributed by atoms with E-state index in [9.17, 15) is 5.11 Å². The van der Waals surface area contributed by atoms with E-state index in [-0.39, 0.29) is 0 Å². The van der Waals surface area contributed by atoms with Gasteiger partial charge in [-0.2, -0.15) is 0 Å². The number of rotatable bonds is 4. The van der Waals surface area contributed by atoms with Crippen molar-refractivity contribution >= 4 is 12.9 Å². The normalized spacial score (nSPS) is 15.0. The Balaban J connectivity index is 1.58. The zero-order valence-electron chi connectivity index (χ0n) is 20.6. The van der Waals surface area contributed by atoms with Crippen molar-refractivity contribution in [2.45, 2.75) is 44.3 Å². The molecule has 0 radical (unpaired) electrons. The van der Waals surface area contributed by atoms with Gasteiger partial charge in [-0.1, -0.05) is 84.3 Å². The van der Waals surface area contributed by atoms with Crippen LogP contribution in [-0.2, 0) is 10.1 Å². The average Bonchev–Trinajstić information content (AvgIpc) is 3.14. The van der Waals surface area contributed by atoms with Crippen LogP contribution in [0.5, 0.6) is 11.5 Å². The van der Waals surface area contributed by atoms with Gasteiger partial charge in [0.05, 0.1) is 16.6 Å². The van der Waals surface area contributed by atoms with E-state index in [4.69, 9.17) is 9.39 Å². The molecule has 2 aliphatic rings. The quantitative estimate of drug-likeness (QED) is 0.343. The van der Waals surface area contributed by atoms with Crippen LogP contribution in [0.25, 0.3) is 11.1 Å². The van der Waals surface area contributed by atoms with Gasteiger partial charge in [-0.3, -0.25) is 0 Å². The molecule has 0 bridgehead atoms. The number of ether oxygens (including phenoxy) is 1. The van der Waals surface area contributed by atoms with Gasteiger partial charge in [0.15, 0.2) is 0 Å². The molecule has 1 aliphatic carbocycles. The molecule has 4 heteroatoms. The lowest BCUT2D eigenvalue weighted by Gasteiger charge is -2.40. The van der Waals surface area contributed by atoms with Gasteiger partial charge >= 0.3 is 7.48 Å². The molecule has 4 aromatic rings. The molecule has 4 aromatic carbocycles. The molecular weight excluding hydrogens is 431 g/mol. The fourth-order valence-corrected chi connectivity index (χ4v) is 5.43. The van der Waals surface area contributed by atoms with Crippen LogP contribution in [0.1, 0.15) is 49.9 Å². The highest BCUT2D eigenvalue weighted by molar-refractivity contribution is 6.47. The van der Waals surface area contributed by atoms with Crippen LogP contribution >= 0.6 is 0 Å². The van der Waals surface area contributed by atoms with Gasteiger partial charge in [0.1, 0.15) is 11.5 Å². The van der Waals surface area contributed by atoms with Crippen molar-refractivity contribution in [3.63, 3.8) is 0 Å². The molecular formula is C31H29BO3. The van der Waals surface area contributed by atoms with Crippen molar-refractivity contribution in [3.8, 4) is 22.6 Å². The molecule has 1 spiro atoms. The third-order valence-corrected chi connectivity index (χ3v) is 7.98. The first kappa shape index (κ1) is 22.1. The molecule has 3 nitrogen and oxygen atoms in total. The van der Waals surface area contributed by atoms with E-state index in [1.165, 1.54) is 22.3 Å². The van der Waals surface area contributed by atoms with Gasteiger partial charge in [-0.25, -0.2) is 0 Å². The van der Waals surface area contributed by atoms with Gasteiger partial charge in [-0.15, -0.1) is 0 Å². The number of hydrogen-bond donors (Lipinski definition) is 1. The fraction of sp³-hybridized carbons (Fsp3) is 0.226. The second-order valence-corrected chi connectivity index (χ2v) is 10.6. The molecule has 1 aliphatic heterocycles. The summed E-state index contributed by atoms with van der Waals surface area (Å²) in [6, 6.07) is 32.2. The van der Waals surface area contributed by atoms with Crippen molar-refractivity contribution in [3.05, 3.63) is 113 Å². The third-order valence-electron chi connectivity index (χ3n) is 7.98. The highest BCUT2D eigenvalue weighted by Crippen LogP contribution is 2.61. The lowest BCUT2D eigenvalue weighted by Crippen LogP contribution is -2.49. The SMILES string of the molecule is CC(C)(O)C(C)(C)OBc1ccc2c(c1)C1(c3ccccc3O2)c2ccccc2-c2ccccc21. The molecule has 0 saturated heterocycles. The summed E-state index contributed by atoms with van der Waals surface area (Å²) in [7, 11) is 0.394. The Morgan fingerprint density at radius 1 is 0.686 bits per heavy atom. The van der Waals surface area contributed by atoms with E-state index in [1.54, 1.807) is 13.8 Å². The molecule has 6 rings (SSSR count). The van der Waals surface area contributed by atoms with Crippen LogP contribution in [-0.4, -0.2) is 23.8 Å². The van der Waals surface area contributed by atoms with Crippen LogP contribution in [0.4, 0.5) is 0 Å². The average molecular weight is 460 g/mol. The predicted molar refractivity (Wildman–Crippen MR) is 142 cm³/mol. The van der Waals surface area contributed by atoms with Gasteiger partial charge in [-0.05, 0) is 62.1 Å². The minimum atomic E-state index is -0.964. The topological polar surface area (TPSA) is 38.7 Å². The first-order valence-electron chi connectivity index (χ1n) is 12.2. The highest BCUT2D eigenvalue weighted by Gasteiger charge is 2.51. The molecule has 1 heterocycles.